The SMILES string of the molecule is C[C@H](NS(=O)(=O)c1ccc2c(c1)oc(=O)n2C)C(=O)N1CCOCC1. The summed E-state index contributed by atoms with van der Waals surface area (Å²) in [6.07, 6.45) is 0. The second-order valence-electron chi connectivity index (χ2n) is 5.84. The monoisotopic (exact) mass is 369 g/mol. The van der Waals surface area contributed by atoms with E-state index < -0.39 is 21.8 Å². The van der Waals surface area contributed by atoms with Gasteiger partial charge in [-0.05, 0) is 19.1 Å². The van der Waals surface area contributed by atoms with Crippen molar-refractivity contribution in [1.29, 1.82) is 0 Å². The molecule has 1 atom stereocenters. The van der Waals surface area contributed by atoms with Crippen LogP contribution in [0.25, 0.3) is 11.1 Å². The summed E-state index contributed by atoms with van der Waals surface area (Å²) >= 11 is 0. The number of ether oxygens (including phenoxy) is 1. The van der Waals surface area contributed by atoms with Gasteiger partial charge in [0, 0.05) is 26.2 Å². The third-order valence-electron chi connectivity index (χ3n) is 4.10. The van der Waals surface area contributed by atoms with E-state index in [2.05, 4.69) is 4.72 Å². The summed E-state index contributed by atoms with van der Waals surface area (Å²) < 4.78 is 38.9. The number of amides is 1. The van der Waals surface area contributed by atoms with Crippen molar-refractivity contribution in [3.8, 4) is 0 Å². The number of aryl methyl sites for hydroxylation is 1. The number of hydrogen-bond acceptors (Lipinski definition) is 6. The molecule has 25 heavy (non-hydrogen) atoms. The van der Waals surface area contributed by atoms with Crippen LogP contribution in [0, 0.1) is 0 Å². The molecule has 1 saturated heterocycles. The third kappa shape index (κ3) is 3.46. The van der Waals surface area contributed by atoms with Gasteiger partial charge >= 0.3 is 5.76 Å². The Kier molecular flexibility index (Phi) is 4.67. The van der Waals surface area contributed by atoms with Gasteiger partial charge in [-0.3, -0.25) is 9.36 Å². The average Bonchev–Trinajstić information content (AvgIpc) is 2.88. The molecule has 1 amide bonds. The molecule has 1 N–H and O–H groups in total. The Labute approximate surface area is 144 Å². The predicted molar refractivity (Wildman–Crippen MR) is 88.6 cm³/mol. The Hall–Kier alpha value is -2.17. The zero-order chi connectivity index (χ0) is 18.2. The van der Waals surface area contributed by atoms with Crippen LogP contribution in [0.5, 0.6) is 0 Å². The molecule has 1 aliphatic heterocycles. The lowest BCUT2D eigenvalue weighted by atomic mass is 10.3. The second kappa shape index (κ2) is 6.62. The molecule has 2 aromatic rings. The van der Waals surface area contributed by atoms with E-state index in [-0.39, 0.29) is 16.4 Å². The van der Waals surface area contributed by atoms with Crippen molar-refractivity contribution < 1.29 is 22.4 Å². The molecule has 9 nitrogen and oxygen atoms in total. The van der Waals surface area contributed by atoms with Crippen LogP contribution in [-0.4, -0.2) is 56.1 Å². The van der Waals surface area contributed by atoms with E-state index in [1.54, 1.807) is 4.90 Å². The molecule has 1 aliphatic rings. The van der Waals surface area contributed by atoms with E-state index in [4.69, 9.17) is 9.15 Å². The van der Waals surface area contributed by atoms with Crippen LogP contribution >= 0.6 is 0 Å². The van der Waals surface area contributed by atoms with Gasteiger partial charge in [-0.2, -0.15) is 4.72 Å². The topological polar surface area (TPSA) is 111 Å². The van der Waals surface area contributed by atoms with Crippen LogP contribution < -0.4 is 10.5 Å². The van der Waals surface area contributed by atoms with Gasteiger partial charge in [0.25, 0.3) is 0 Å². The highest BCUT2D eigenvalue weighted by Crippen LogP contribution is 2.18. The van der Waals surface area contributed by atoms with Crippen molar-refractivity contribution in [2.45, 2.75) is 17.9 Å². The van der Waals surface area contributed by atoms with Crippen LogP contribution in [-0.2, 0) is 26.6 Å². The first-order valence-corrected chi connectivity index (χ1v) is 9.26. The quantitative estimate of drug-likeness (QED) is 0.789. The number of carbonyl (C=O) groups excluding carboxylic acids is 1. The van der Waals surface area contributed by atoms with Crippen molar-refractivity contribution in [3.63, 3.8) is 0 Å². The Morgan fingerprint density at radius 2 is 1.96 bits per heavy atom. The fraction of sp³-hybridized carbons (Fsp3) is 0.467. The van der Waals surface area contributed by atoms with Crippen molar-refractivity contribution in [3.05, 3.63) is 28.7 Å². The number of nitrogens with one attached hydrogen (secondary N) is 1. The summed E-state index contributed by atoms with van der Waals surface area (Å²) in [6.45, 7) is 3.25. The summed E-state index contributed by atoms with van der Waals surface area (Å²) in [5.74, 6) is -0.882. The van der Waals surface area contributed by atoms with Gasteiger partial charge in [0.2, 0.25) is 15.9 Å². The highest BCUT2D eigenvalue weighted by atomic mass is 32.2. The summed E-state index contributed by atoms with van der Waals surface area (Å²) in [5.41, 5.74) is 0.656. The molecule has 1 fully saturated rings. The van der Waals surface area contributed by atoms with E-state index in [1.807, 2.05) is 0 Å². The molecular formula is C15H19N3O6S. The molecule has 0 unspecified atom stereocenters. The smallest absolute Gasteiger partial charge is 0.408 e. The Balaban J connectivity index is 1.81. The second-order valence-corrected chi connectivity index (χ2v) is 7.55. The van der Waals surface area contributed by atoms with Gasteiger partial charge in [-0.15, -0.1) is 0 Å². The maximum absolute atomic E-state index is 12.5. The van der Waals surface area contributed by atoms with Gasteiger partial charge in [0.1, 0.15) is 0 Å². The predicted octanol–water partition coefficient (Wildman–Crippen LogP) is -0.343. The van der Waals surface area contributed by atoms with Gasteiger partial charge in [0.05, 0.1) is 29.7 Å². The summed E-state index contributed by atoms with van der Waals surface area (Å²) in [7, 11) is -2.41. The van der Waals surface area contributed by atoms with Crippen LogP contribution in [0.15, 0.2) is 32.3 Å². The Morgan fingerprint density at radius 1 is 1.28 bits per heavy atom. The largest absolute Gasteiger partial charge is 0.419 e. The van der Waals surface area contributed by atoms with Crippen molar-refractivity contribution in [2.75, 3.05) is 26.3 Å². The molecule has 0 saturated carbocycles. The lowest BCUT2D eigenvalue weighted by Gasteiger charge is -2.29. The lowest BCUT2D eigenvalue weighted by molar-refractivity contribution is -0.136. The molecule has 136 valence electrons. The normalized spacial score (nSPS) is 17.0. The maximum atomic E-state index is 12.5. The Morgan fingerprint density at radius 3 is 2.64 bits per heavy atom. The van der Waals surface area contributed by atoms with Gasteiger partial charge in [-0.1, -0.05) is 0 Å². The van der Waals surface area contributed by atoms with E-state index in [1.165, 1.54) is 36.7 Å². The van der Waals surface area contributed by atoms with Crippen LogP contribution in [0.4, 0.5) is 0 Å². The molecule has 0 aliphatic carbocycles. The van der Waals surface area contributed by atoms with E-state index in [0.717, 1.165) is 0 Å². The molecule has 2 heterocycles. The van der Waals surface area contributed by atoms with E-state index in [0.29, 0.717) is 31.8 Å². The molecule has 3 rings (SSSR count). The number of carbonyl (C=O) groups is 1. The highest BCUT2D eigenvalue weighted by molar-refractivity contribution is 7.89. The molecule has 1 aromatic carbocycles. The number of sulfonamides is 1. The lowest BCUT2D eigenvalue weighted by Crippen LogP contribution is -2.50. The first-order chi connectivity index (χ1) is 11.8. The number of aromatic nitrogens is 1. The number of fused-ring (bicyclic) bond motifs is 1. The van der Waals surface area contributed by atoms with Gasteiger partial charge < -0.3 is 14.1 Å². The molecule has 0 radical (unpaired) electrons. The van der Waals surface area contributed by atoms with E-state index in [9.17, 15) is 18.0 Å². The maximum Gasteiger partial charge on any atom is 0.419 e. The molecule has 10 heteroatoms. The van der Waals surface area contributed by atoms with Crippen LogP contribution in [0.2, 0.25) is 0 Å². The minimum Gasteiger partial charge on any atom is -0.408 e. The fourth-order valence-corrected chi connectivity index (χ4v) is 3.90. The minimum absolute atomic E-state index is 0.0732. The number of hydrogen-bond donors (Lipinski definition) is 1. The Bertz CT molecular complexity index is 955. The number of oxazole rings is 1. The molecule has 0 spiro atoms. The van der Waals surface area contributed by atoms with Gasteiger partial charge in [-0.25, -0.2) is 13.2 Å². The highest BCUT2D eigenvalue weighted by Gasteiger charge is 2.27. The number of benzene rings is 1. The van der Waals surface area contributed by atoms with E-state index >= 15 is 0 Å². The third-order valence-corrected chi connectivity index (χ3v) is 5.64. The van der Waals surface area contributed by atoms with Crippen LogP contribution in [0.3, 0.4) is 0 Å². The van der Waals surface area contributed by atoms with Crippen LogP contribution in [0.1, 0.15) is 6.92 Å². The van der Waals surface area contributed by atoms with Crippen molar-refractivity contribution in [1.82, 2.24) is 14.2 Å². The summed E-state index contributed by atoms with van der Waals surface area (Å²) in [5, 5.41) is 0. The van der Waals surface area contributed by atoms with Crippen molar-refractivity contribution in [2.24, 2.45) is 7.05 Å². The molecular weight excluding hydrogens is 350 g/mol. The first-order valence-electron chi connectivity index (χ1n) is 7.78. The van der Waals surface area contributed by atoms with Gasteiger partial charge in [0.15, 0.2) is 5.58 Å². The zero-order valence-corrected chi connectivity index (χ0v) is 14.7. The van der Waals surface area contributed by atoms with Crippen molar-refractivity contribution >= 4 is 27.0 Å². The average molecular weight is 369 g/mol. The standard InChI is InChI=1S/C15H19N3O6S/c1-10(14(19)18-5-7-23-8-6-18)16-25(21,22)11-3-4-12-13(9-11)24-15(20)17(12)2/h3-4,9-10,16H,5-8H2,1-2H3/t10-/m0/s1. The zero-order valence-electron chi connectivity index (χ0n) is 13.9. The molecule has 0 bridgehead atoms. The fourth-order valence-electron chi connectivity index (χ4n) is 2.69. The number of nitrogens with zero attached hydrogens (tertiary/aromatic N) is 2. The number of morpholine rings is 1. The number of rotatable bonds is 4. The summed E-state index contributed by atoms with van der Waals surface area (Å²) in [6, 6.07) is 3.21. The molecule has 1 aromatic heterocycles. The minimum atomic E-state index is -3.94. The first kappa shape index (κ1) is 17.6. The summed E-state index contributed by atoms with van der Waals surface area (Å²) in [4.78, 5) is 25.4.